The number of amides is 1. The molecule has 7 heteroatoms. The molecule has 0 aliphatic carbocycles. The maximum absolute atomic E-state index is 12.8. The second-order valence-corrected chi connectivity index (χ2v) is 7.31. The molecule has 29 heavy (non-hydrogen) atoms. The molecule has 0 saturated heterocycles. The van der Waals surface area contributed by atoms with Gasteiger partial charge in [-0.2, -0.15) is 0 Å². The molecule has 3 aromatic rings. The normalized spacial score (nSPS) is 13.3. The van der Waals surface area contributed by atoms with Gasteiger partial charge in [0.15, 0.2) is 0 Å². The van der Waals surface area contributed by atoms with E-state index in [1.807, 2.05) is 54.0 Å². The first-order chi connectivity index (χ1) is 13.9. The monoisotopic (exact) mass is 408 g/mol. The highest BCUT2D eigenvalue weighted by molar-refractivity contribution is 6.45. The molecule has 0 spiro atoms. The van der Waals surface area contributed by atoms with Gasteiger partial charge in [0.1, 0.15) is 6.61 Å². The molecule has 0 unspecified atom stereocenters. The highest BCUT2D eigenvalue weighted by Crippen LogP contribution is 2.25. The number of hydrogen-bond acceptors (Lipinski definition) is 4. The van der Waals surface area contributed by atoms with Crippen LogP contribution < -0.4 is 5.32 Å². The Labute approximate surface area is 171 Å². The van der Waals surface area contributed by atoms with Crippen molar-refractivity contribution in [1.82, 2.24) is 9.88 Å². The van der Waals surface area contributed by atoms with Crippen LogP contribution in [-0.4, -0.2) is 28.8 Å². The average Bonchev–Trinajstić information content (AvgIpc) is 3.26. The summed E-state index contributed by atoms with van der Waals surface area (Å²) in [6.45, 7) is 2.45. The van der Waals surface area contributed by atoms with Crippen LogP contribution in [0.1, 0.15) is 21.5 Å². The zero-order chi connectivity index (χ0) is 20.5. The highest BCUT2D eigenvalue weighted by Gasteiger charge is 2.24. The van der Waals surface area contributed by atoms with E-state index in [0.717, 1.165) is 16.6 Å². The van der Waals surface area contributed by atoms with E-state index in [-0.39, 0.29) is 12.3 Å². The molecule has 4 rings (SSSR count). The Hall–Kier alpha value is -3.38. The van der Waals surface area contributed by atoms with E-state index in [2.05, 4.69) is 5.32 Å². The quantitative estimate of drug-likeness (QED) is 0.399. The maximum Gasteiger partial charge on any atom is 0.333 e. The minimum Gasteiger partial charge on any atom is -0.456 e. The molecule has 0 bridgehead atoms. The standard InChI is InChI=1S/C22H17ClN2O4/c1-13-2-7-17-18(21(27)22(28)24-16-9-20(26)29-12-16)11-25(19(17)8-13)10-14-3-5-15(23)6-4-14/h2-9,11H,10,12H2,1H3,(H,24,28). The zero-order valence-corrected chi connectivity index (χ0v) is 16.3. The number of benzene rings is 2. The number of esters is 1. The third-order valence-corrected chi connectivity index (χ3v) is 4.94. The second-order valence-electron chi connectivity index (χ2n) is 6.88. The average molecular weight is 409 g/mol. The summed E-state index contributed by atoms with van der Waals surface area (Å²) in [5, 5.41) is 3.79. The van der Waals surface area contributed by atoms with Crippen molar-refractivity contribution in [1.29, 1.82) is 0 Å². The fraction of sp³-hybridized carbons (Fsp3) is 0.136. The molecule has 1 N–H and O–H groups in total. The number of carbonyl (C=O) groups excluding carboxylic acids is 3. The highest BCUT2D eigenvalue weighted by atomic mass is 35.5. The number of rotatable bonds is 5. The summed E-state index contributed by atoms with van der Waals surface area (Å²) in [6, 6.07) is 13.2. The van der Waals surface area contributed by atoms with Crippen molar-refractivity contribution in [2.45, 2.75) is 13.5 Å². The number of aryl methyl sites for hydroxylation is 1. The van der Waals surface area contributed by atoms with Gasteiger partial charge in [0.25, 0.3) is 11.7 Å². The van der Waals surface area contributed by atoms with Gasteiger partial charge < -0.3 is 14.6 Å². The number of nitrogens with one attached hydrogen (secondary N) is 1. The third-order valence-electron chi connectivity index (χ3n) is 4.69. The van der Waals surface area contributed by atoms with Crippen molar-refractivity contribution in [2.24, 2.45) is 0 Å². The number of halogens is 1. The van der Waals surface area contributed by atoms with Crippen LogP contribution in [0, 0.1) is 6.92 Å². The largest absolute Gasteiger partial charge is 0.456 e. The van der Waals surface area contributed by atoms with Crippen LogP contribution >= 0.6 is 11.6 Å². The minimum absolute atomic E-state index is 0.0463. The van der Waals surface area contributed by atoms with E-state index in [1.54, 1.807) is 6.20 Å². The topological polar surface area (TPSA) is 77.4 Å². The van der Waals surface area contributed by atoms with Gasteiger partial charge in [-0.1, -0.05) is 35.9 Å². The lowest BCUT2D eigenvalue weighted by molar-refractivity contribution is -0.135. The molecule has 1 amide bonds. The summed E-state index contributed by atoms with van der Waals surface area (Å²) in [4.78, 5) is 36.4. The lowest BCUT2D eigenvalue weighted by Crippen LogP contribution is -2.31. The zero-order valence-electron chi connectivity index (χ0n) is 15.6. The van der Waals surface area contributed by atoms with Crippen molar-refractivity contribution >= 4 is 40.2 Å². The van der Waals surface area contributed by atoms with Gasteiger partial charge in [0, 0.05) is 34.7 Å². The summed E-state index contributed by atoms with van der Waals surface area (Å²) < 4.78 is 6.68. The van der Waals surface area contributed by atoms with Crippen LogP contribution in [0.25, 0.3) is 10.9 Å². The Morgan fingerprint density at radius 2 is 1.93 bits per heavy atom. The summed E-state index contributed by atoms with van der Waals surface area (Å²) in [6.07, 6.45) is 2.85. The van der Waals surface area contributed by atoms with Crippen molar-refractivity contribution < 1.29 is 19.1 Å². The van der Waals surface area contributed by atoms with Gasteiger partial charge in [-0.15, -0.1) is 0 Å². The Balaban J connectivity index is 1.68. The first-order valence-electron chi connectivity index (χ1n) is 8.97. The molecule has 0 atom stereocenters. The lowest BCUT2D eigenvalue weighted by atomic mass is 10.1. The number of Topliss-reactive ketones (excluding diaryl/α,β-unsaturated/α-hetero) is 1. The van der Waals surface area contributed by atoms with Crippen molar-refractivity contribution in [3.63, 3.8) is 0 Å². The molecule has 1 aliphatic heterocycles. The summed E-state index contributed by atoms with van der Waals surface area (Å²) in [5.74, 6) is -2.02. The molecule has 2 heterocycles. The fourth-order valence-electron chi connectivity index (χ4n) is 3.27. The Morgan fingerprint density at radius 1 is 1.17 bits per heavy atom. The van der Waals surface area contributed by atoms with Crippen LogP contribution in [0.2, 0.25) is 5.02 Å². The van der Waals surface area contributed by atoms with Crippen molar-refractivity contribution in [3.05, 3.63) is 82.1 Å². The molecule has 1 aromatic heterocycles. The number of carbonyl (C=O) groups is 3. The summed E-state index contributed by atoms with van der Waals surface area (Å²) in [5.41, 5.74) is 3.49. The molecule has 0 fully saturated rings. The van der Waals surface area contributed by atoms with Crippen LogP contribution in [0.4, 0.5) is 0 Å². The van der Waals surface area contributed by atoms with Gasteiger partial charge in [-0.05, 0) is 36.2 Å². The number of ether oxygens (including phenoxy) is 1. The predicted octanol–water partition coefficient (Wildman–Crippen LogP) is 3.39. The SMILES string of the molecule is Cc1ccc2c(C(=O)C(=O)NC3=CC(=O)OC3)cn(Cc3ccc(Cl)cc3)c2c1. The molecular weight excluding hydrogens is 392 g/mol. The number of nitrogens with zero attached hydrogens (tertiary/aromatic N) is 1. The van der Waals surface area contributed by atoms with E-state index in [0.29, 0.717) is 22.5 Å². The number of ketones is 1. The van der Waals surface area contributed by atoms with Gasteiger partial charge in [0.05, 0.1) is 11.3 Å². The summed E-state index contributed by atoms with van der Waals surface area (Å²) in [7, 11) is 0. The van der Waals surface area contributed by atoms with E-state index in [4.69, 9.17) is 16.3 Å². The van der Waals surface area contributed by atoms with Crippen LogP contribution in [0.15, 0.2) is 60.4 Å². The predicted molar refractivity (Wildman–Crippen MR) is 109 cm³/mol. The first-order valence-corrected chi connectivity index (χ1v) is 9.35. The van der Waals surface area contributed by atoms with Crippen molar-refractivity contribution in [2.75, 3.05) is 6.61 Å². The van der Waals surface area contributed by atoms with E-state index in [1.165, 1.54) is 6.08 Å². The maximum atomic E-state index is 12.8. The number of aromatic nitrogens is 1. The molecular formula is C22H17ClN2O4. The molecule has 2 aromatic carbocycles. The summed E-state index contributed by atoms with van der Waals surface area (Å²) >= 11 is 5.96. The smallest absolute Gasteiger partial charge is 0.333 e. The second kappa shape index (κ2) is 7.56. The molecule has 6 nitrogen and oxygen atoms in total. The number of fused-ring (bicyclic) bond motifs is 1. The molecule has 0 radical (unpaired) electrons. The third kappa shape index (κ3) is 3.93. The fourth-order valence-corrected chi connectivity index (χ4v) is 3.40. The first kappa shape index (κ1) is 19.0. The van der Waals surface area contributed by atoms with Crippen LogP contribution in [0.5, 0.6) is 0 Å². The van der Waals surface area contributed by atoms with Crippen LogP contribution in [0.3, 0.4) is 0 Å². The minimum atomic E-state index is -0.805. The van der Waals surface area contributed by atoms with E-state index in [9.17, 15) is 14.4 Å². The van der Waals surface area contributed by atoms with Gasteiger partial charge in [-0.3, -0.25) is 9.59 Å². The lowest BCUT2D eigenvalue weighted by Gasteiger charge is -2.06. The van der Waals surface area contributed by atoms with Gasteiger partial charge in [0.2, 0.25) is 0 Å². The number of cyclic esters (lactones) is 1. The molecule has 1 aliphatic rings. The molecule has 0 saturated carbocycles. The van der Waals surface area contributed by atoms with E-state index < -0.39 is 17.7 Å². The Bertz CT molecular complexity index is 1180. The van der Waals surface area contributed by atoms with E-state index >= 15 is 0 Å². The van der Waals surface area contributed by atoms with Gasteiger partial charge in [-0.25, -0.2) is 4.79 Å². The Morgan fingerprint density at radius 3 is 2.62 bits per heavy atom. The van der Waals surface area contributed by atoms with Crippen molar-refractivity contribution in [3.8, 4) is 0 Å². The van der Waals surface area contributed by atoms with Gasteiger partial charge >= 0.3 is 5.97 Å². The van der Waals surface area contributed by atoms with Crippen LogP contribution in [-0.2, 0) is 20.9 Å². The molecule has 146 valence electrons. The number of hydrogen-bond donors (Lipinski definition) is 1. The Kier molecular flexibility index (Phi) is 4.94.